The number of Topliss-reactive ketones (excluding diaryl/α,β-unsaturated/α-hetero) is 1. The van der Waals surface area contributed by atoms with E-state index in [1.807, 2.05) is 36.6 Å². The zero-order valence-electron chi connectivity index (χ0n) is 17.1. The van der Waals surface area contributed by atoms with Gasteiger partial charge >= 0.3 is 5.97 Å². The first kappa shape index (κ1) is 20.8. The lowest BCUT2D eigenvalue weighted by atomic mass is 10.1. The number of esters is 1. The first-order chi connectivity index (χ1) is 14.8. The van der Waals surface area contributed by atoms with Crippen molar-refractivity contribution in [2.75, 3.05) is 19.1 Å². The number of aryl methyl sites for hydroxylation is 1. The van der Waals surface area contributed by atoms with Gasteiger partial charge < -0.3 is 24.5 Å². The fourth-order valence-corrected chi connectivity index (χ4v) is 3.63. The summed E-state index contributed by atoms with van der Waals surface area (Å²) in [6.45, 7) is 4.23. The number of nitrogen functional groups attached to an aromatic ring is 1. The van der Waals surface area contributed by atoms with Crippen LogP contribution in [0.15, 0.2) is 42.5 Å². The van der Waals surface area contributed by atoms with E-state index < -0.39 is 5.97 Å². The van der Waals surface area contributed by atoms with E-state index in [1.54, 1.807) is 6.07 Å². The van der Waals surface area contributed by atoms with Crippen molar-refractivity contribution in [3.8, 4) is 11.5 Å². The fraction of sp³-hybridized carbons (Fsp3) is 0.217. The Bertz CT molecular complexity index is 1180. The maximum atomic E-state index is 12.7. The quantitative estimate of drug-likeness (QED) is 0.351. The van der Waals surface area contributed by atoms with E-state index in [9.17, 15) is 9.59 Å². The van der Waals surface area contributed by atoms with Crippen LogP contribution in [0.3, 0.4) is 0 Å². The fourth-order valence-electron chi connectivity index (χ4n) is 3.51. The predicted molar refractivity (Wildman–Crippen MR) is 116 cm³/mol. The molecule has 4 rings (SSSR count). The number of benzene rings is 2. The van der Waals surface area contributed by atoms with Gasteiger partial charge in [-0.2, -0.15) is 0 Å². The molecule has 31 heavy (non-hydrogen) atoms. The van der Waals surface area contributed by atoms with E-state index in [1.165, 1.54) is 18.2 Å². The van der Waals surface area contributed by atoms with Crippen molar-refractivity contribution < 1.29 is 23.8 Å². The first-order valence-corrected chi connectivity index (χ1v) is 10.0. The summed E-state index contributed by atoms with van der Waals surface area (Å²) in [5.74, 6) is 0.530. The van der Waals surface area contributed by atoms with E-state index in [2.05, 4.69) is 0 Å². The van der Waals surface area contributed by atoms with Crippen LogP contribution in [0.4, 0.5) is 5.69 Å². The van der Waals surface area contributed by atoms with Gasteiger partial charge in [0.25, 0.3) is 0 Å². The van der Waals surface area contributed by atoms with Gasteiger partial charge in [-0.25, -0.2) is 4.79 Å². The highest BCUT2D eigenvalue weighted by atomic mass is 35.5. The molecular formula is C23H21ClN2O5. The van der Waals surface area contributed by atoms with Crippen LogP contribution >= 0.6 is 11.6 Å². The van der Waals surface area contributed by atoms with E-state index >= 15 is 0 Å². The summed E-state index contributed by atoms with van der Waals surface area (Å²) in [4.78, 5) is 25.0. The maximum absolute atomic E-state index is 12.7. The van der Waals surface area contributed by atoms with Crippen LogP contribution in [0.25, 0.3) is 0 Å². The van der Waals surface area contributed by atoms with E-state index in [0.717, 1.165) is 22.7 Å². The lowest BCUT2D eigenvalue weighted by Crippen LogP contribution is -2.15. The SMILES string of the molecule is Cc1cc(C(=O)COC(=O)c2ccc(Cl)c(N)c2)c(C)n1Cc1ccc2c(c1)OCO2. The summed E-state index contributed by atoms with van der Waals surface area (Å²) in [6, 6.07) is 12.0. The standard InChI is InChI=1S/C23H21ClN2O5/c1-13-7-17(20(27)11-29-23(28)16-4-5-18(24)19(25)9-16)14(2)26(13)10-15-3-6-21-22(8-15)31-12-30-21/h3-9H,10-12,25H2,1-2H3. The average Bonchev–Trinajstić information content (AvgIpc) is 3.33. The van der Waals surface area contributed by atoms with Crippen molar-refractivity contribution in [2.24, 2.45) is 0 Å². The Labute approximate surface area is 184 Å². The number of carbonyl (C=O) groups is 2. The number of hydrogen-bond acceptors (Lipinski definition) is 6. The molecule has 0 saturated heterocycles. The Hall–Kier alpha value is -3.45. The number of halogens is 1. The summed E-state index contributed by atoms with van der Waals surface area (Å²) in [5.41, 5.74) is 9.49. The summed E-state index contributed by atoms with van der Waals surface area (Å²) < 4.78 is 18.0. The zero-order chi connectivity index (χ0) is 22.1. The Kier molecular flexibility index (Phi) is 5.61. The molecule has 0 saturated carbocycles. The second-order valence-electron chi connectivity index (χ2n) is 7.29. The molecule has 0 amide bonds. The molecule has 1 aliphatic heterocycles. The van der Waals surface area contributed by atoms with Crippen molar-refractivity contribution in [3.05, 3.63) is 75.6 Å². The highest BCUT2D eigenvalue weighted by Gasteiger charge is 2.19. The minimum atomic E-state index is -0.633. The molecule has 0 spiro atoms. The molecule has 0 aliphatic carbocycles. The molecule has 0 unspecified atom stereocenters. The summed E-state index contributed by atoms with van der Waals surface area (Å²) in [6.07, 6.45) is 0. The van der Waals surface area contributed by atoms with Gasteiger partial charge in [0, 0.05) is 23.5 Å². The molecule has 0 bridgehead atoms. The van der Waals surface area contributed by atoms with E-state index in [-0.39, 0.29) is 30.4 Å². The van der Waals surface area contributed by atoms with Gasteiger partial charge in [-0.15, -0.1) is 0 Å². The molecule has 160 valence electrons. The van der Waals surface area contributed by atoms with Gasteiger partial charge in [-0.05, 0) is 55.8 Å². The number of nitrogens with zero attached hydrogens (tertiary/aromatic N) is 1. The molecular weight excluding hydrogens is 420 g/mol. The Balaban J connectivity index is 1.45. The van der Waals surface area contributed by atoms with Crippen LogP contribution < -0.4 is 15.2 Å². The number of rotatable bonds is 6. The second kappa shape index (κ2) is 8.35. The highest BCUT2D eigenvalue weighted by molar-refractivity contribution is 6.33. The zero-order valence-corrected chi connectivity index (χ0v) is 17.9. The molecule has 2 heterocycles. The number of anilines is 1. The van der Waals surface area contributed by atoms with Crippen molar-refractivity contribution in [3.63, 3.8) is 0 Å². The van der Waals surface area contributed by atoms with Crippen molar-refractivity contribution in [1.82, 2.24) is 4.57 Å². The third kappa shape index (κ3) is 4.22. The van der Waals surface area contributed by atoms with Crippen molar-refractivity contribution in [1.29, 1.82) is 0 Å². The third-order valence-corrected chi connectivity index (χ3v) is 5.56. The number of ketones is 1. The number of hydrogen-bond donors (Lipinski definition) is 1. The lowest BCUT2D eigenvalue weighted by Gasteiger charge is -2.11. The van der Waals surface area contributed by atoms with Gasteiger partial charge in [0.15, 0.2) is 18.1 Å². The summed E-state index contributed by atoms with van der Waals surface area (Å²) >= 11 is 5.87. The molecule has 0 fully saturated rings. The van der Waals surface area contributed by atoms with Crippen molar-refractivity contribution >= 4 is 29.0 Å². The average molecular weight is 441 g/mol. The third-order valence-electron chi connectivity index (χ3n) is 5.22. The lowest BCUT2D eigenvalue weighted by molar-refractivity contribution is 0.0474. The molecule has 1 aromatic heterocycles. The van der Waals surface area contributed by atoms with Crippen LogP contribution in [0, 0.1) is 13.8 Å². The van der Waals surface area contributed by atoms with E-state index in [4.69, 9.17) is 31.5 Å². The van der Waals surface area contributed by atoms with Crippen LogP contribution in [-0.2, 0) is 11.3 Å². The Morgan fingerprint density at radius 1 is 1.10 bits per heavy atom. The second-order valence-corrected chi connectivity index (χ2v) is 7.70. The largest absolute Gasteiger partial charge is 0.454 e. The maximum Gasteiger partial charge on any atom is 0.338 e. The highest BCUT2D eigenvalue weighted by Crippen LogP contribution is 2.33. The van der Waals surface area contributed by atoms with Gasteiger partial charge in [-0.1, -0.05) is 17.7 Å². The van der Waals surface area contributed by atoms with Gasteiger partial charge in [0.2, 0.25) is 12.6 Å². The molecule has 1 aliphatic rings. The van der Waals surface area contributed by atoms with Gasteiger partial charge in [-0.3, -0.25) is 4.79 Å². The molecule has 0 radical (unpaired) electrons. The minimum absolute atomic E-state index is 0.223. The number of carbonyl (C=O) groups excluding carboxylic acids is 2. The number of fused-ring (bicyclic) bond motifs is 1. The Morgan fingerprint density at radius 2 is 1.87 bits per heavy atom. The first-order valence-electron chi connectivity index (χ1n) is 9.64. The summed E-state index contributed by atoms with van der Waals surface area (Å²) in [5, 5.41) is 0.350. The number of nitrogens with two attached hydrogens (primary N) is 1. The van der Waals surface area contributed by atoms with Crippen LogP contribution in [0.2, 0.25) is 5.02 Å². The van der Waals surface area contributed by atoms with Crippen molar-refractivity contribution in [2.45, 2.75) is 20.4 Å². The van der Waals surface area contributed by atoms with Crippen LogP contribution in [-0.4, -0.2) is 29.7 Å². The van der Waals surface area contributed by atoms with Crippen LogP contribution in [0.5, 0.6) is 11.5 Å². The normalized spacial score (nSPS) is 12.1. The molecule has 7 nitrogen and oxygen atoms in total. The number of ether oxygens (including phenoxy) is 3. The predicted octanol–water partition coefficient (Wildman–Crippen LogP) is 4.16. The topological polar surface area (TPSA) is 92.8 Å². The van der Waals surface area contributed by atoms with Gasteiger partial charge in [0.05, 0.1) is 16.3 Å². The van der Waals surface area contributed by atoms with Gasteiger partial charge in [0.1, 0.15) is 0 Å². The molecule has 8 heteroatoms. The minimum Gasteiger partial charge on any atom is -0.454 e. The van der Waals surface area contributed by atoms with Crippen LogP contribution in [0.1, 0.15) is 37.7 Å². The summed E-state index contributed by atoms with van der Waals surface area (Å²) in [7, 11) is 0. The molecule has 2 aromatic carbocycles. The monoisotopic (exact) mass is 440 g/mol. The molecule has 3 aromatic rings. The Morgan fingerprint density at radius 3 is 2.65 bits per heavy atom. The molecule has 0 atom stereocenters. The van der Waals surface area contributed by atoms with E-state index in [0.29, 0.717) is 22.9 Å². The smallest absolute Gasteiger partial charge is 0.338 e. The molecule has 2 N–H and O–H groups in total. The number of aromatic nitrogens is 1.